The number of allylic oxidation sites excluding steroid dienone is 1. The Morgan fingerprint density at radius 2 is 2.31 bits per heavy atom. The van der Waals surface area contributed by atoms with Crippen molar-refractivity contribution in [2.45, 2.75) is 26.3 Å². The highest BCUT2D eigenvalue weighted by molar-refractivity contribution is 6.05. The monoisotopic (exact) mass is 226 g/mol. The molecule has 2 N–H and O–H groups in total. The first-order chi connectivity index (χ1) is 7.52. The van der Waals surface area contributed by atoms with Crippen LogP contribution in [0.15, 0.2) is 11.8 Å². The van der Waals surface area contributed by atoms with Gasteiger partial charge >= 0.3 is 5.97 Å². The van der Waals surface area contributed by atoms with E-state index in [1.807, 2.05) is 0 Å². The van der Waals surface area contributed by atoms with Gasteiger partial charge in [0.1, 0.15) is 6.04 Å². The van der Waals surface area contributed by atoms with E-state index in [1.54, 1.807) is 13.8 Å². The van der Waals surface area contributed by atoms with Crippen LogP contribution in [0.4, 0.5) is 0 Å². The summed E-state index contributed by atoms with van der Waals surface area (Å²) in [5.74, 6) is -1.16. The smallest absolute Gasteiger partial charge is 0.332 e. The quantitative estimate of drug-likeness (QED) is 0.382. The molecule has 1 heterocycles. The first-order valence-electron chi connectivity index (χ1n) is 4.98. The van der Waals surface area contributed by atoms with Crippen LogP contribution in [0, 0.1) is 0 Å². The minimum atomic E-state index is -0.599. The van der Waals surface area contributed by atoms with Gasteiger partial charge in [-0.15, -0.1) is 0 Å². The average Bonchev–Trinajstić information content (AvgIpc) is 2.44. The molecule has 0 saturated carbocycles. The van der Waals surface area contributed by atoms with Crippen LogP contribution in [0.1, 0.15) is 20.3 Å². The molecule has 2 amide bonds. The van der Waals surface area contributed by atoms with E-state index in [9.17, 15) is 14.4 Å². The van der Waals surface area contributed by atoms with Crippen LogP contribution in [0.3, 0.4) is 0 Å². The third-order valence-electron chi connectivity index (χ3n) is 1.99. The fraction of sp³-hybridized carbons (Fsp3) is 0.500. The Morgan fingerprint density at radius 1 is 1.62 bits per heavy atom. The number of nitrogens with one attached hydrogen (secondary N) is 2. The fourth-order valence-electron chi connectivity index (χ4n) is 1.35. The van der Waals surface area contributed by atoms with Crippen molar-refractivity contribution in [2.24, 2.45) is 0 Å². The predicted molar refractivity (Wildman–Crippen MR) is 55.1 cm³/mol. The van der Waals surface area contributed by atoms with Gasteiger partial charge in [0.25, 0.3) is 0 Å². The number of ether oxygens (including phenoxy) is 1. The molecule has 6 nitrogen and oxygen atoms in total. The van der Waals surface area contributed by atoms with E-state index in [0.29, 0.717) is 12.3 Å². The second-order valence-electron chi connectivity index (χ2n) is 3.39. The summed E-state index contributed by atoms with van der Waals surface area (Å²) in [6, 6.07) is -0.599. The van der Waals surface area contributed by atoms with Crippen LogP contribution in [0.25, 0.3) is 0 Å². The van der Waals surface area contributed by atoms with Gasteiger partial charge < -0.3 is 10.1 Å². The highest BCUT2D eigenvalue weighted by atomic mass is 16.5. The summed E-state index contributed by atoms with van der Waals surface area (Å²) in [7, 11) is 0. The zero-order valence-electron chi connectivity index (χ0n) is 9.20. The Labute approximate surface area is 93.0 Å². The van der Waals surface area contributed by atoms with Crippen LogP contribution in [0.2, 0.25) is 0 Å². The molecular weight excluding hydrogens is 212 g/mol. The van der Waals surface area contributed by atoms with Crippen LogP contribution < -0.4 is 10.6 Å². The summed E-state index contributed by atoms with van der Waals surface area (Å²) in [5.41, 5.74) is 0.494. The van der Waals surface area contributed by atoms with Crippen LogP contribution in [0.5, 0.6) is 0 Å². The van der Waals surface area contributed by atoms with Crippen molar-refractivity contribution in [3.63, 3.8) is 0 Å². The van der Waals surface area contributed by atoms with Crippen molar-refractivity contribution in [3.05, 3.63) is 11.8 Å². The molecule has 0 aliphatic carbocycles. The van der Waals surface area contributed by atoms with E-state index in [2.05, 4.69) is 10.6 Å². The minimum Gasteiger partial charge on any atom is -0.463 e. The summed E-state index contributed by atoms with van der Waals surface area (Å²) in [6.07, 6.45) is 1.34. The number of imide groups is 1. The number of rotatable bonds is 4. The van der Waals surface area contributed by atoms with Crippen molar-refractivity contribution in [1.82, 2.24) is 10.6 Å². The molecule has 1 aliphatic rings. The molecule has 0 aromatic rings. The maximum absolute atomic E-state index is 11.2. The zero-order valence-corrected chi connectivity index (χ0v) is 9.20. The third kappa shape index (κ3) is 3.38. The fourth-order valence-corrected chi connectivity index (χ4v) is 1.35. The SMILES string of the molecule is CCOC(=O)/C=C(\C)NC1CC(=O)NC1=O. The first kappa shape index (κ1) is 12.2. The molecule has 0 bridgehead atoms. The summed E-state index contributed by atoms with van der Waals surface area (Å²) < 4.78 is 4.70. The summed E-state index contributed by atoms with van der Waals surface area (Å²) in [4.78, 5) is 33.1. The lowest BCUT2D eigenvalue weighted by molar-refractivity contribution is -0.137. The van der Waals surface area contributed by atoms with Gasteiger partial charge in [-0.3, -0.25) is 14.9 Å². The van der Waals surface area contributed by atoms with E-state index in [1.165, 1.54) is 6.08 Å². The molecule has 0 aromatic carbocycles. The number of amides is 2. The lowest BCUT2D eigenvalue weighted by atomic mass is 10.2. The normalized spacial score (nSPS) is 20.6. The van der Waals surface area contributed by atoms with Crippen molar-refractivity contribution < 1.29 is 19.1 Å². The van der Waals surface area contributed by atoms with Crippen molar-refractivity contribution >= 4 is 17.8 Å². The van der Waals surface area contributed by atoms with Crippen molar-refractivity contribution in [1.29, 1.82) is 0 Å². The highest BCUT2D eigenvalue weighted by Crippen LogP contribution is 2.03. The molecule has 1 fully saturated rings. The first-order valence-corrected chi connectivity index (χ1v) is 4.98. The highest BCUT2D eigenvalue weighted by Gasteiger charge is 2.30. The number of carbonyl (C=O) groups is 3. The summed E-state index contributed by atoms with van der Waals surface area (Å²) in [5, 5.41) is 4.94. The Morgan fingerprint density at radius 3 is 2.81 bits per heavy atom. The van der Waals surface area contributed by atoms with Gasteiger partial charge in [-0.1, -0.05) is 0 Å². The molecule has 16 heavy (non-hydrogen) atoms. The Kier molecular flexibility index (Phi) is 4.04. The maximum atomic E-state index is 11.2. The number of carbonyl (C=O) groups excluding carboxylic acids is 3. The zero-order chi connectivity index (χ0) is 12.1. The molecular formula is C10H14N2O4. The lowest BCUT2D eigenvalue weighted by Gasteiger charge is -2.10. The van der Waals surface area contributed by atoms with Gasteiger partial charge in [0.2, 0.25) is 11.8 Å². The van der Waals surface area contributed by atoms with Crippen LogP contribution in [-0.2, 0) is 19.1 Å². The minimum absolute atomic E-state index is 0.0901. The molecule has 1 aliphatic heterocycles. The number of hydrogen-bond donors (Lipinski definition) is 2. The summed E-state index contributed by atoms with van der Waals surface area (Å²) >= 11 is 0. The standard InChI is InChI=1S/C10H14N2O4/c1-3-16-9(14)4-6(2)11-7-5-8(13)12-10(7)15/h4,7,11H,3,5H2,1-2H3,(H,12,13,15)/b6-4+. The van der Waals surface area contributed by atoms with Gasteiger partial charge in [-0.25, -0.2) is 4.79 Å². The maximum Gasteiger partial charge on any atom is 0.332 e. The molecule has 1 unspecified atom stereocenters. The molecule has 1 rings (SSSR count). The molecule has 88 valence electrons. The molecule has 0 aromatic heterocycles. The van der Waals surface area contributed by atoms with Crippen molar-refractivity contribution in [2.75, 3.05) is 6.61 Å². The van der Waals surface area contributed by atoms with Gasteiger partial charge in [0.05, 0.1) is 13.0 Å². The molecule has 0 radical (unpaired) electrons. The van der Waals surface area contributed by atoms with E-state index in [4.69, 9.17) is 4.74 Å². The van der Waals surface area contributed by atoms with E-state index < -0.39 is 12.0 Å². The molecule has 0 spiro atoms. The number of esters is 1. The Bertz CT molecular complexity index is 349. The van der Waals surface area contributed by atoms with Crippen LogP contribution in [-0.4, -0.2) is 30.4 Å². The van der Waals surface area contributed by atoms with Gasteiger partial charge in [0.15, 0.2) is 0 Å². The summed E-state index contributed by atoms with van der Waals surface area (Å²) in [6.45, 7) is 3.63. The van der Waals surface area contributed by atoms with E-state index in [-0.39, 0.29) is 18.2 Å². The average molecular weight is 226 g/mol. The largest absolute Gasteiger partial charge is 0.463 e. The topological polar surface area (TPSA) is 84.5 Å². The Hall–Kier alpha value is -1.85. The molecule has 6 heteroatoms. The predicted octanol–water partition coefficient (Wildman–Crippen LogP) is -0.542. The van der Waals surface area contributed by atoms with Crippen LogP contribution >= 0.6 is 0 Å². The van der Waals surface area contributed by atoms with Gasteiger partial charge in [0, 0.05) is 11.8 Å². The van der Waals surface area contributed by atoms with Gasteiger partial charge in [-0.05, 0) is 13.8 Å². The second kappa shape index (κ2) is 5.29. The lowest BCUT2D eigenvalue weighted by Crippen LogP contribution is -2.35. The molecule has 1 atom stereocenters. The van der Waals surface area contributed by atoms with Crippen molar-refractivity contribution in [3.8, 4) is 0 Å². The molecule has 1 saturated heterocycles. The van der Waals surface area contributed by atoms with E-state index >= 15 is 0 Å². The third-order valence-corrected chi connectivity index (χ3v) is 1.99. The second-order valence-corrected chi connectivity index (χ2v) is 3.39. The van der Waals surface area contributed by atoms with Gasteiger partial charge in [-0.2, -0.15) is 0 Å². The Balaban J connectivity index is 2.51. The van der Waals surface area contributed by atoms with E-state index in [0.717, 1.165) is 0 Å². The number of hydrogen-bond acceptors (Lipinski definition) is 5.